The summed E-state index contributed by atoms with van der Waals surface area (Å²) in [5.74, 6) is 7.22. The molecule has 4 nitrogen and oxygen atoms in total. The standard InChI is InChI=1S/C16H20N4S/c1-21-12-9-7-11(8-10-12)15-18-14-6-4-2-3-5-13(14)16(19-15)20-17/h7-10H,2-6,17H2,1H3,(H,18,19,20). The summed E-state index contributed by atoms with van der Waals surface area (Å²) in [5, 5.41) is 0. The molecule has 0 bridgehead atoms. The fourth-order valence-corrected chi connectivity index (χ4v) is 3.17. The van der Waals surface area contributed by atoms with E-state index < -0.39 is 0 Å². The fraction of sp³-hybridized carbons (Fsp3) is 0.375. The quantitative estimate of drug-likeness (QED) is 0.393. The molecule has 3 rings (SSSR count). The van der Waals surface area contributed by atoms with Gasteiger partial charge in [0, 0.05) is 21.7 Å². The van der Waals surface area contributed by atoms with Gasteiger partial charge in [0.25, 0.3) is 0 Å². The average Bonchev–Trinajstić information content (AvgIpc) is 2.79. The molecule has 3 N–H and O–H groups in total. The van der Waals surface area contributed by atoms with Crippen LogP contribution in [-0.4, -0.2) is 16.2 Å². The first-order valence-corrected chi connectivity index (χ1v) is 8.55. The van der Waals surface area contributed by atoms with E-state index in [1.807, 2.05) is 0 Å². The van der Waals surface area contributed by atoms with Crippen LogP contribution in [0.25, 0.3) is 11.4 Å². The van der Waals surface area contributed by atoms with E-state index in [1.165, 1.54) is 29.7 Å². The maximum Gasteiger partial charge on any atom is 0.161 e. The van der Waals surface area contributed by atoms with Crippen LogP contribution in [0.4, 0.5) is 5.82 Å². The van der Waals surface area contributed by atoms with Crippen molar-refractivity contribution in [3.8, 4) is 11.4 Å². The zero-order chi connectivity index (χ0) is 14.7. The van der Waals surface area contributed by atoms with E-state index >= 15 is 0 Å². The van der Waals surface area contributed by atoms with E-state index in [9.17, 15) is 0 Å². The number of nitrogen functional groups attached to an aromatic ring is 1. The second-order valence-corrected chi connectivity index (χ2v) is 6.13. The van der Waals surface area contributed by atoms with Crippen LogP contribution in [0.1, 0.15) is 30.5 Å². The monoisotopic (exact) mass is 300 g/mol. The molecule has 0 unspecified atom stereocenters. The number of anilines is 1. The largest absolute Gasteiger partial charge is 0.308 e. The van der Waals surface area contributed by atoms with Crippen LogP contribution in [0.5, 0.6) is 0 Å². The van der Waals surface area contributed by atoms with Gasteiger partial charge in [-0.1, -0.05) is 18.6 Å². The Morgan fingerprint density at radius 1 is 1.05 bits per heavy atom. The first-order chi connectivity index (χ1) is 10.3. The van der Waals surface area contributed by atoms with Crippen molar-refractivity contribution in [1.29, 1.82) is 0 Å². The van der Waals surface area contributed by atoms with Crippen LogP contribution < -0.4 is 11.3 Å². The minimum absolute atomic E-state index is 0.760. The van der Waals surface area contributed by atoms with Gasteiger partial charge in [-0.05, 0) is 44.1 Å². The SMILES string of the molecule is CSc1ccc(-c2nc3c(c(NN)n2)CCCCC3)cc1. The van der Waals surface area contributed by atoms with Gasteiger partial charge < -0.3 is 5.43 Å². The second-order valence-electron chi connectivity index (χ2n) is 5.25. The lowest BCUT2D eigenvalue weighted by Gasteiger charge is -2.13. The van der Waals surface area contributed by atoms with E-state index in [2.05, 4.69) is 40.9 Å². The number of rotatable bonds is 3. The van der Waals surface area contributed by atoms with Crippen molar-refractivity contribution in [2.45, 2.75) is 37.0 Å². The number of benzene rings is 1. The summed E-state index contributed by atoms with van der Waals surface area (Å²) in [6.45, 7) is 0. The van der Waals surface area contributed by atoms with Gasteiger partial charge in [-0.2, -0.15) is 0 Å². The van der Waals surface area contributed by atoms with Crippen LogP contribution in [0.15, 0.2) is 29.2 Å². The molecule has 0 fully saturated rings. The summed E-state index contributed by atoms with van der Waals surface area (Å²) in [4.78, 5) is 10.7. The lowest BCUT2D eigenvalue weighted by Crippen LogP contribution is -2.14. The molecule has 0 aliphatic heterocycles. The number of nitrogens with two attached hydrogens (primary N) is 1. The Kier molecular flexibility index (Phi) is 4.41. The summed E-state index contributed by atoms with van der Waals surface area (Å²) in [6, 6.07) is 8.35. The first-order valence-electron chi connectivity index (χ1n) is 7.32. The van der Waals surface area contributed by atoms with E-state index in [-0.39, 0.29) is 0 Å². The van der Waals surface area contributed by atoms with Gasteiger partial charge in [-0.25, -0.2) is 15.8 Å². The number of hydrogen-bond donors (Lipinski definition) is 2. The number of hydrazine groups is 1. The third-order valence-electron chi connectivity index (χ3n) is 3.92. The molecule has 1 heterocycles. The number of nitrogens with one attached hydrogen (secondary N) is 1. The molecule has 0 saturated heterocycles. The smallest absolute Gasteiger partial charge is 0.161 e. The van der Waals surface area contributed by atoms with Crippen molar-refractivity contribution in [3.63, 3.8) is 0 Å². The highest BCUT2D eigenvalue weighted by Crippen LogP contribution is 2.28. The third-order valence-corrected chi connectivity index (χ3v) is 4.66. The van der Waals surface area contributed by atoms with Crippen LogP contribution in [0, 0.1) is 0 Å². The van der Waals surface area contributed by atoms with Gasteiger partial charge in [0.05, 0.1) is 0 Å². The highest BCUT2D eigenvalue weighted by atomic mass is 32.2. The molecule has 0 amide bonds. The van der Waals surface area contributed by atoms with Crippen LogP contribution >= 0.6 is 11.8 Å². The van der Waals surface area contributed by atoms with Crippen LogP contribution in [-0.2, 0) is 12.8 Å². The molecule has 0 saturated carbocycles. The van der Waals surface area contributed by atoms with Gasteiger partial charge in [-0.15, -0.1) is 11.8 Å². The molecule has 2 aromatic rings. The molecule has 1 aliphatic rings. The molecule has 5 heteroatoms. The average molecular weight is 300 g/mol. The number of aryl methyl sites for hydroxylation is 1. The lowest BCUT2D eigenvalue weighted by molar-refractivity contribution is 0.709. The molecular formula is C16H20N4S. The Morgan fingerprint density at radius 2 is 1.81 bits per heavy atom. The normalized spacial score (nSPS) is 14.4. The Morgan fingerprint density at radius 3 is 2.52 bits per heavy atom. The molecule has 0 atom stereocenters. The van der Waals surface area contributed by atoms with Crippen molar-refractivity contribution in [2.75, 3.05) is 11.7 Å². The van der Waals surface area contributed by atoms with Crippen molar-refractivity contribution in [1.82, 2.24) is 9.97 Å². The topological polar surface area (TPSA) is 63.8 Å². The molecular weight excluding hydrogens is 280 g/mol. The summed E-state index contributed by atoms with van der Waals surface area (Å²) in [6.07, 6.45) is 7.73. The predicted octanol–water partition coefficient (Wildman–Crippen LogP) is 3.42. The minimum atomic E-state index is 0.760. The van der Waals surface area contributed by atoms with E-state index in [4.69, 9.17) is 10.8 Å². The molecule has 110 valence electrons. The van der Waals surface area contributed by atoms with E-state index in [0.29, 0.717) is 0 Å². The van der Waals surface area contributed by atoms with Crippen molar-refractivity contribution in [2.24, 2.45) is 5.84 Å². The molecule has 0 spiro atoms. The lowest BCUT2D eigenvalue weighted by atomic mass is 10.1. The Labute approximate surface area is 129 Å². The van der Waals surface area contributed by atoms with Crippen LogP contribution in [0.2, 0.25) is 0 Å². The number of aromatic nitrogens is 2. The second kappa shape index (κ2) is 6.45. The molecule has 21 heavy (non-hydrogen) atoms. The van der Waals surface area contributed by atoms with Gasteiger partial charge in [0.15, 0.2) is 5.82 Å². The molecule has 1 aromatic carbocycles. The predicted molar refractivity (Wildman–Crippen MR) is 88.3 cm³/mol. The zero-order valence-corrected chi connectivity index (χ0v) is 13.0. The van der Waals surface area contributed by atoms with E-state index in [0.717, 1.165) is 35.7 Å². The number of thioether (sulfide) groups is 1. The molecule has 0 radical (unpaired) electrons. The van der Waals surface area contributed by atoms with Crippen molar-refractivity contribution < 1.29 is 0 Å². The maximum absolute atomic E-state index is 5.67. The van der Waals surface area contributed by atoms with Gasteiger partial charge in [-0.3, -0.25) is 0 Å². The Balaban J connectivity index is 2.04. The molecule has 1 aromatic heterocycles. The summed E-state index contributed by atoms with van der Waals surface area (Å²) >= 11 is 1.73. The first kappa shape index (κ1) is 14.4. The minimum Gasteiger partial charge on any atom is -0.308 e. The van der Waals surface area contributed by atoms with Crippen molar-refractivity contribution in [3.05, 3.63) is 35.5 Å². The van der Waals surface area contributed by atoms with Gasteiger partial charge >= 0.3 is 0 Å². The summed E-state index contributed by atoms with van der Waals surface area (Å²) in [7, 11) is 0. The summed E-state index contributed by atoms with van der Waals surface area (Å²) < 4.78 is 0. The Hall–Kier alpha value is -1.59. The third kappa shape index (κ3) is 3.04. The van der Waals surface area contributed by atoms with Gasteiger partial charge in [0.2, 0.25) is 0 Å². The highest BCUT2D eigenvalue weighted by molar-refractivity contribution is 7.98. The number of hydrogen-bond acceptors (Lipinski definition) is 5. The maximum atomic E-state index is 5.67. The fourth-order valence-electron chi connectivity index (χ4n) is 2.76. The van der Waals surface area contributed by atoms with Crippen LogP contribution in [0.3, 0.4) is 0 Å². The van der Waals surface area contributed by atoms with Gasteiger partial charge in [0.1, 0.15) is 5.82 Å². The van der Waals surface area contributed by atoms with E-state index in [1.54, 1.807) is 11.8 Å². The van der Waals surface area contributed by atoms with Crippen molar-refractivity contribution >= 4 is 17.6 Å². The highest BCUT2D eigenvalue weighted by Gasteiger charge is 2.16. The zero-order valence-electron chi connectivity index (χ0n) is 12.2. The molecule has 1 aliphatic carbocycles. The number of nitrogens with zero attached hydrogens (tertiary/aromatic N) is 2. The summed E-state index contributed by atoms with van der Waals surface area (Å²) in [5.41, 5.74) is 6.14. The Bertz CT molecular complexity index is 625. The number of fused-ring (bicyclic) bond motifs is 1.